The highest BCUT2D eigenvalue weighted by Crippen LogP contribution is 2.18. The Hall–Kier alpha value is -3.16. The normalized spacial score (nSPS) is 16.7. The van der Waals surface area contributed by atoms with Gasteiger partial charge in [-0.2, -0.15) is 0 Å². The van der Waals surface area contributed by atoms with E-state index in [1.807, 2.05) is 5.32 Å². The predicted octanol–water partition coefficient (Wildman–Crippen LogP) is -1.09. The first-order valence-corrected chi connectivity index (χ1v) is 6.16. The molecule has 1 saturated heterocycles. The third-order valence-corrected chi connectivity index (χ3v) is 2.83. The summed E-state index contributed by atoms with van der Waals surface area (Å²) in [6, 6.07) is 5.33. The van der Waals surface area contributed by atoms with Crippen LogP contribution in [0.15, 0.2) is 29.8 Å². The molecule has 8 nitrogen and oxygen atoms in total. The number of amides is 4. The quantitative estimate of drug-likeness (QED) is 0.558. The van der Waals surface area contributed by atoms with E-state index in [-0.39, 0.29) is 11.3 Å². The Labute approximate surface area is 125 Å². The summed E-state index contributed by atoms with van der Waals surface area (Å²) in [6.07, 6.45) is 1.28. The summed E-state index contributed by atoms with van der Waals surface area (Å²) in [7, 11) is 1.25. The maximum Gasteiger partial charge on any atom is 0.331 e. The first-order chi connectivity index (χ1) is 10.4. The van der Waals surface area contributed by atoms with Gasteiger partial charge in [-0.05, 0) is 23.8 Å². The van der Waals surface area contributed by atoms with E-state index in [1.54, 1.807) is 12.1 Å². The van der Waals surface area contributed by atoms with Crippen molar-refractivity contribution in [3.05, 3.63) is 35.4 Å². The molecule has 0 saturated carbocycles. The molecule has 2 rings (SSSR count). The summed E-state index contributed by atoms with van der Waals surface area (Å²) in [4.78, 5) is 46.0. The van der Waals surface area contributed by atoms with Crippen LogP contribution in [0.4, 0.5) is 4.79 Å². The van der Waals surface area contributed by atoms with Crippen LogP contribution in [0.5, 0.6) is 5.75 Å². The molecule has 0 unspecified atom stereocenters. The number of urea groups is 1. The fraction of sp³-hybridized carbons (Fsp3) is 0.143. The number of carbonyl (C=O) groups is 4. The fourth-order valence-electron chi connectivity index (χ4n) is 1.75. The molecule has 0 radical (unpaired) electrons. The molecule has 1 heterocycles. The number of aliphatic carboxylic acids is 1. The number of carbonyl (C=O) groups excluding carboxylic acids is 4. The van der Waals surface area contributed by atoms with Gasteiger partial charge in [0.15, 0.2) is 0 Å². The second-order valence-electron chi connectivity index (χ2n) is 4.41. The number of hydrogen-bond donors (Lipinski definition) is 1. The summed E-state index contributed by atoms with van der Waals surface area (Å²) in [5.41, 5.74) is 0.233. The third-order valence-electron chi connectivity index (χ3n) is 2.83. The Kier molecular flexibility index (Phi) is 4.21. The monoisotopic (exact) mass is 303 g/mol. The van der Waals surface area contributed by atoms with Gasteiger partial charge in [-0.3, -0.25) is 19.8 Å². The zero-order valence-corrected chi connectivity index (χ0v) is 11.5. The van der Waals surface area contributed by atoms with Crippen LogP contribution in [0.1, 0.15) is 5.56 Å². The Morgan fingerprint density at radius 3 is 2.77 bits per heavy atom. The van der Waals surface area contributed by atoms with Crippen LogP contribution in [0.3, 0.4) is 0 Å². The largest absolute Gasteiger partial charge is 0.546 e. The molecular weight excluding hydrogens is 292 g/mol. The maximum atomic E-state index is 11.9. The SMILES string of the molecule is CN1C(=O)NC(=O)C(=Cc2cccc(OCC(=O)[O-])c2)C1=O. The number of likely N-dealkylation sites (N-methyl/N-ethyl adjacent to an activating group) is 1. The van der Waals surface area contributed by atoms with Gasteiger partial charge in [0.25, 0.3) is 11.8 Å². The molecule has 0 aromatic heterocycles. The number of benzene rings is 1. The van der Waals surface area contributed by atoms with Gasteiger partial charge >= 0.3 is 6.03 Å². The lowest BCUT2D eigenvalue weighted by Crippen LogP contribution is -2.52. The van der Waals surface area contributed by atoms with Gasteiger partial charge in [0, 0.05) is 7.05 Å². The summed E-state index contributed by atoms with van der Waals surface area (Å²) in [5.74, 6) is -2.65. The van der Waals surface area contributed by atoms with Gasteiger partial charge in [-0.1, -0.05) is 12.1 Å². The van der Waals surface area contributed by atoms with Gasteiger partial charge < -0.3 is 14.6 Å². The van der Waals surface area contributed by atoms with Gasteiger partial charge in [0.1, 0.15) is 17.9 Å². The number of carboxylic acids is 1. The minimum atomic E-state index is -1.37. The Bertz CT molecular complexity index is 694. The topological polar surface area (TPSA) is 116 Å². The summed E-state index contributed by atoms with van der Waals surface area (Å²) < 4.78 is 4.95. The van der Waals surface area contributed by atoms with Crippen LogP contribution in [-0.4, -0.2) is 42.4 Å². The molecule has 1 aliphatic rings. The Morgan fingerprint density at radius 1 is 1.36 bits per heavy atom. The predicted molar refractivity (Wildman–Crippen MR) is 71.2 cm³/mol. The van der Waals surface area contributed by atoms with E-state index in [2.05, 4.69) is 0 Å². The molecule has 1 aromatic carbocycles. The van der Waals surface area contributed by atoms with Crippen LogP contribution in [0.25, 0.3) is 6.08 Å². The van der Waals surface area contributed by atoms with Crippen LogP contribution in [-0.2, 0) is 14.4 Å². The van der Waals surface area contributed by atoms with Gasteiger partial charge in [-0.25, -0.2) is 4.79 Å². The van der Waals surface area contributed by atoms with E-state index >= 15 is 0 Å². The van der Waals surface area contributed by atoms with Crippen LogP contribution in [0, 0.1) is 0 Å². The minimum absolute atomic E-state index is 0.209. The van der Waals surface area contributed by atoms with Gasteiger partial charge in [0.05, 0.1) is 5.97 Å². The molecule has 1 aliphatic heterocycles. The number of hydrogen-bond acceptors (Lipinski definition) is 6. The number of ether oxygens (including phenoxy) is 1. The fourth-order valence-corrected chi connectivity index (χ4v) is 1.75. The van der Waals surface area contributed by atoms with Crippen LogP contribution < -0.4 is 15.2 Å². The molecule has 4 amide bonds. The van der Waals surface area contributed by atoms with Crippen molar-refractivity contribution in [2.45, 2.75) is 0 Å². The molecule has 1 fully saturated rings. The van der Waals surface area contributed by atoms with E-state index in [9.17, 15) is 24.3 Å². The van der Waals surface area contributed by atoms with Crippen molar-refractivity contribution in [2.24, 2.45) is 0 Å². The van der Waals surface area contributed by atoms with Gasteiger partial charge in [0.2, 0.25) is 0 Å². The average molecular weight is 303 g/mol. The molecule has 22 heavy (non-hydrogen) atoms. The number of carboxylic acid groups (broad SMARTS) is 1. The highest BCUT2D eigenvalue weighted by molar-refractivity contribution is 6.30. The van der Waals surface area contributed by atoms with E-state index in [4.69, 9.17) is 4.74 Å². The van der Waals surface area contributed by atoms with Gasteiger partial charge in [-0.15, -0.1) is 0 Å². The molecule has 1 N–H and O–H groups in total. The van der Waals surface area contributed by atoms with Crippen molar-refractivity contribution in [2.75, 3.05) is 13.7 Å². The second-order valence-corrected chi connectivity index (χ2v) is 4.41. The zero-order valence-electron chi connectivity index (χ0n) is 11.5. The summed E-state index contributed by atoms with van der Waals surface area (Å²) in [6.45, 7) is -0.614. The lowest BCUT2D eigenvalue weighted by atomic mass is 10.1. The molecule has 0 spiro atoms. The maximum absolute atomic E-state index is 11.9. The number of nitrogens with zero attached hydrogens (tertiary/aromatic N) is 1. The third kappa shape index (κ3) is 3.29. The first-order valence-electron chi connectivity index (χ1n) is 6.16. The summed E-state index contributed by atoms with van der Waals surface area (Å²) in [5, 5.41) is 12.4. The first kappa shape index (κ1) is 15.2. The molecule has 0 aliphatic carbocycles. The van der Waals surface area contributed by atoms with Crippen molar-refractivity contribution in [1.29, 1.82) is 0 Å². The lowest BCUT2D eigenvalue weighted by Gasteiger charge is -2.22. The molecule has 0 bridgehead atoms. The number of nitrogens with one attached hydrogen (secondary N) is 1. The highest BCUT2D eigenvalue weighted by Gasteiger charge is 2.32. The Balaban J connectivity index is 2.26. The van der Waals surface area contributed by atoms with E-state index in [1.165, 1.54) is 25.3 Å². The molecule has 8 heteroatoms. The number of imide groups is 2. The second kappa shape index (κ2) is 6.08. The van der Waals surface area contributed by atoms with E-state index in [0.29, 0.717) is 5.56 Å². The van der Waals surface area contributed by atoms with Crippen molar-refractivity contribution in [3.63, 3.8) is 0 Å². The van der Waals surface area contributed by atoms with E-state index in [0.717, 1.165) is 4.90 Å². The van der Waals surface area contributed by atoms with Crippen molar-refractivity contribution in [1.82, 2.24) is 10.2 Å². The van der Waals surface area contributed by atoms with Crippen molar-refractivity contribution >= 4 is 29.9 Å². The number of barbiturate groups is 1. The Morgan fingerprint density at radius 2 is 2.09 bits per heavy atom. The minimum Gasteiger partial charge on any atom is -0.546 e. The molecule has 1 aromatic rings. The standard InChI is InChI=1S/C14H12N2O6/c1-16-13(20)10(12(19)15-14(16)21)6-8-3-2-4-9(5-8)22-7-11(17)18/h2-6H,7H2,1H3,(H,17,18)(H,15,19,21)/p-1. The molecule has 0 atom stereocenters. The lowest BCUT2D eigenvalue weighted by molar-refractivity contribution is -0.307. The average Bonchev–Trinajstić information content (AvgIpc) is 2.48. The summed E-state index contributed by atoms with van der Waals surface area (Å²) >= 11 is 0. The zero-order chi connectivity index (χ0) is 16.3. The molecular formula is C14H11N2O6-. The van der Waals surface area contributed by atoms with Crippen LogP contribution in [0.2, 0.25) is 0 Å². The smallest absolute Gasteiger partial charge is 0.331 e. The van der Waals surface area contributed by atoms with Crippen LogP contribution >= 0.6 is 0 Å². The van der Waals surface area contributed by atoms with E-state index < -0.39 is 30.4 Å². The highest BCUT2D eigenvalue weighted by atomic mass is 16.5. The van der Waals surface area contributed by atoms with Crippen molar-refractivity contribution in [3.8, 4) is 5.75 Å². The number of rotatable bonds is 4. The van der Waals surface area contributed by atoms with Crippen molar-refractivity contribution < 1.29 is 29.0 Å². The molecule has 114 valence electrons.